The van der Waals surface area contributed by atoms with Gasteiger partial charge >= 0.3 is 6.29 Å². The van der Waals surface area contributed by atoms with Gasteiger partial charge in [0.2, 0.25) is 17.7 Å². The lowest BCUT2D eigenvalue weighted by Gasteiger charge is -2.38. The molecule has 4 N–H and O–H groups in total. The summed E-state index contributed by atoms with van der Waals surface area (Å²) in [6, 6.07) is 32.5. The Kier molecular flexibility index (Phi) is 15.0. The molecule has 3 aliphatic rings. The number of hydrogen-bond donors (Lipinski definition) is 4. The molecule has 4 aromatic carbocycles. The van der Waals surface area contributed by atoms with Crippen molar-refractivity contribution in [3.63, 3.8) is 0 Å². The second-order valence-electron chi connectivity index (χ2n) is 20.8. The van der Waals surface area contributed by atoms with E-state index in [1.165, 1.54) is 23.0 Å². The number of carbonyl (C=O) groups is 4. The zero-order valence-electron chi connectivity index (χ0n) is 43.7. The van der Waals surface area contributed by atoms with Crippen molar-refractivity contribution >= 4 is 40.5 Å². The molecule has 0 spiro atoms. The summed E-state index contributed by atoms with van der Waals surface area (Å²) in [4.78, 5) is 77.6. The molecule has 3 aromatic heterocycles. The number of anilines is 1. The number of nitrogens with zero attached hydrogens (tertiary/aromatic N) is 6. The smallest absolute Gasteiger partial charge is 0.395 e. The highest BCUT2D eigenvalue weighted by Gasteiger charge is 2.53. The van der Waals surface area contributed by atoms with Gasteiger partial charge in [-0.25, -0.2) is 9.97 Å². The normalized spacial score (nSPS) is 16.1. The Labute approximate surface area is 449 Å². The fourth-order valence-electron chi connectivity index (χ4n) is 10.4. The molecule has 10 rings (SSSR count). The van der Waals surface area contributed by atoms with E-state index in [4.69, 9.17) is 4.98 Å². The Hall–Kier alpha value is -8.32. The van der Waals surface area contributed by atoms with Crippen LogP contribution in [0.2, 0.25) is 0 Å². The van der Waals surface area contributed by atoms with E-state index in [0.29, 0.717) is 117 Å². The largest absolute Gasteiger partial charge is 0.586 e. The lowest BCUT2D eigenvalue weighted by molar-refractivity contribution is -0.286. The van der Waals surface area contributed by atoms with Gasteiger partial charge in [0.15, 0.2) is 17.0 Å². The number of amides is 4. The van der Waals surface area contributed by atoms with Gasteiger partial charge in [-0.1, -0.05) is 92.2 Å². The van der Waals surface area contributed by atoms with Crippen LogP contribution in [0.1, 0.15) is 103 Å². The van der Waals surface area contributed by atoms with Crippen LogP contribution in [-0.2, 0) is 39.9 Å². The lowest BCUT2D eigenvalue weighted by atomic mass is 9.90. The van der Waals surface area contributed by atoms with Crippen LogP contribution in [0.3, 0.4) is 0 Å². The van der Waals surface area contributed by atoms with Crippen LogP contribution in [0.4, 0.5) is 14.6 Å². The molecule has 78 heavy (non-hydrogen) atoms. The van der Waals surface area contributed by atoms with E-state index in [-0.39, 0.29) is 58.7 Å². The first kappa shape index (κ1) is 53.1. The topological polar surface area (TPSA) is 212 Å². The molecule has 1 aliphatic carbocycles. The molecule has 1 atom stereocenters. The molecule has 7 aromatic rings. The summed E-state index contributed by atoms with van der Waals surface area (Å²) in [7, 11) is 1.75. The number of ether oxygens (including phenoxy) is 2. The van der Waals surface area contributed by atoms with Gasteiger partial charge in [0.1, 0.15) is 11.3 Å². The molecule has 2 aliphatic heterocycles. The Morgan fingerprint density at radius 3 is 2.32 bits per heavy atom. The van der Waals surface area contributed by atoms with E-state index in [1.54, 1.807) is 47.0 Å². The maximum Gasteiger partial charge on any atom is 0.586 e. The van der Waals surface area contributed by atoms with Crippen LogP contribution >= 0.6 is 0 Å². The van der Waals surface area contributed by atoms with Gasteiger partial charge in [-0.15, -0.1) is 8.78 Å². The van der Waals surface area contributed by atoms with Crippen molar-refractivity contribution in [3.05, 3.63) is 154 Å². The number of alkyl halides is 2. The summed E-state index contributed by atoms with van der Waals surface area (Å²) in [5.41, 5.74) is 4.71. The van der Waals surface area contributed by atoms with E-state index in [1.807, 2.05) is 80.6 Å². The minimum Gasteiger partial charge on any atom is -0.395 e. The van der Waals surface area contributed by atoms with Crippen molar-refractivity contribution in [2.24, 2.45) is 7.05 Å². The molecule has 19 heteroatoms. The second-order valence-corrected chi connectivity index (χ2v) is 20.8. The number of aliphatic hydroxyl groups is 1. The van der Waals surface area contributed by atoms with E-state index in [0.717, 1.165) is 28.7 Å². The number of unbranched alkanes of at least 4 members (excludes halogenated alkanes) is 2. The first-order chi connectivity index (χ1) is 37.5. The standard InChI is InChI=1S/C59H61F2N9O8/c1-37-16-23-47(66-56(75)58(24-25-58)44-21-22-45-46(33-44)78-59(60,61)77-45)65-50(37)42-13-10-14-43(32-42)54(73)62-28-9-5-8-15-48(71)63-34-39-17-19-41(20-18-39)53-51-52(67-68(53)3)55(74)70(36-64-51)35-57(76)26-29-69(30-27-57)49(72)31-38(2)40-11-6-4-7-12-40/h4,6-7,10-14,16-23,32-33,36,38,76H,5,8-9,15,24-31,34-35H2,1-3H3,(H,62,73)(H,63,71)(H,65,66,75)/t38-/m1/s1. The third-order valence-corrected chi connectivity index (χ3v) is 15.1. The third-order valence-electron chi connectivity index (χ3n) is 15.1. The van der Waals surface area contributed by atoms with Crippen molar-refractivity contribution in [1.29, 1.82) is 0 Å². The number of rotatable bonds is 19. The van der Waals surface area contributed by atoms with Crippen LogP contribution in [0.25, 0.3) is 33.5 Å². The van der Waals surface area contributed by atoms with Crippen LogP contribution < -0.4 is 31.0 Å². The summed E-state index contributed by atoms with van der Waals surface area (Å²) in [5, 5.41) is 24.9. The summed E-state index contributed by atoms with van der Waals surface area (Å²) >= 11 is 0. The number of carbonyl (C=O) groups excluding carboxylic acids is 4. The SMILES string of the molecule is Cc1ccc(NC(=O)C2(c3ccc4c(c3)OC(F)(F)O4)CC2)nc1-c1cccc(C(=O)NCCCCCC(=O)NCc2ccc(-c3c4ncn(CC5(O)CCN(C(=O)C[C@@H](C)c6ccccc6)CC5)c(=O)c4nn3C)cc2)c1. The highest BCUT2D eigenvalue weighted by atomic mass is 19.3. The Morgan fingerprint density at radius 1 is 0.808 bits per heavy atom. The third kappa shape index (κ3) is 11.7. The van der Waals surface area contributed by atoms with Gasteiger partial charge in [0.25, 0.3) is 11.5 Å². The first-order valence-corrected chi connectivity index (χ1v) is 26.4. The molecule has 2 fully saturated rings. The molecular formula is C59H61F2N9O8. The van der Waals surface area contributed by atoms with E-state index >= 15 is 0 Å². The number of aryl methyl sites for hydroxylation is 2. The molecule has 0 radical (unpaired) electrons. The number of fused-ring (bicyclic) bond motifs is 2. The average Bonchev–Trinajstić information content (AvgIpc) is 4.32. The van der Waals surface area contributed by atoms with Gasteiger partial charge in [-0.05, 0) is 104 Å². The van der Waals surface area contributed by atoms with E-state index in [2.05, 4.69) is 35.5 Å². The number of aromatic nitrogens is 5. The minimum absolute atomic E-state index is 0.0374. The fourth-order valence-corrected chi connectivity index (χ4v) is 10.4. The molecule has 0 unspecified atom stereocenters. The number of nitrogens with one attached hydrogen (secondary N) is 3. The summed E-state index contributed by atoms with van der Waals surface area (Å²) in [6.07, 6.45) is 2.18. The fraction of sp³-hybridized carbons (Fsp3) is 0.356. The van der Waals surface area contributed by atoms with Gasteiger partial charge in [-0.3, -0.25) is 33.2 Å². The maximum absolute atomic E-state index is 13.7. The molecular weight excluding hydrogens is 1000 g/mol. The van der Waals surface area contributed by atoms with Gasteiger partial charge in [-0.2, -0.15) is 5.10 Å². The summed E-state index contributed by atoms with van der Waals surface area (Å²) in [5.74, 6) is -0.426. The van der Waals surface area contributed by atoms with Crippen molar-refractivity contribution < 1.29 is 42.5 Å². The van der Waals surface area contributed by atoms with Crippen molar-refractivity contribution in [2.45, 2.75) is 108 Å². The Bertz CT molecular complexity index is 3460. The minimum atomic E-state index is -3.76. The quantitative estimate of drug-likeness (QED) is 0.0566. The zero-order valence-corrected chi connectivity index (χ0v) is 43.7. The number of halogens is 2. The molecule has 1 saturated carbocycles. The maximum atomic E-state index is 13.7. The second kappa shape index (κ2) is 22.0. The highest BCUT2D eigenvalue weighted by molar-refractivity contribution is 6.01. The van der Waals surface area contributed by atoms with Crippen LogP contribution in [0.5, 0.6) is 11.5 Å². The molecule has 5 heterocycles. The predicted octanol–water partition coefficient (Wildman–Crippen LogP) is 8.31. The van der Waals surface area contributed by atoms with Gasteiger partial charge < -0.3 is 35.4 Å². The summed E-state index contributed by atoms with van der Waals surface area (Å²) in [6.45, 7) is 5.51. The number of benzene rings is 4. The average molecular weight is 1060 g/mol. The Balaban J connectivity index is 0.648. The molecule has 4 amide bonds. The van der Waals surface area contributed by atoms with Crippen LogP contribution in [0, 0.1) is 6.92 Å². The number of hydrogen-bond acceptors (Lipinski definition) is 11. The molecule has 0 bridgehead atoms. The number of likely N-dealkylation sites (tertiary alicyclic amines) is 1. The number of pyridine rings is 1. The van der Waals surface area contributed by atoms with Crippen molar-refractivity contribution in [2.75, 3.05) is 25.0 Å². The number of piperidine rings is 1. The van der Waals surface area contributed by atoms with E-state index in [9.17, 15) is 37.9 Å². The zero-order chi connectivity index (χ0) is 54.8. The predicted molar refractivity (Wildman–Crippen MR) is 288 cm³/mol. The summed E-state index contributed by atoms with van der Waals surface area (Å²) < 4.78 is 39.4. The van der Waals surface area contributed by atoms with Crippen LogP contribution in [0.15, 0.2) is 120 Å². The highest BCUT2D eigenvalue weighted by Crippen LogP contribution is 2.52. The van der Waals surface area contributed by atoms with E-state index < -0.39 is 17.3 Å². The van der Waals surface area contributed by atoms with Gasteiger partial charge in [0, 0.05) is 62.8 Å². The van der Waals surface area contributed by atoms with Crippen molar-refractivity contribution in [3.8, 4) is 34.0 Å². The van der Waals surface area contributed by atoms with Gasteiger partial charge in [0.05, 0.1) is 35.3 Å². The molecule has 1 saturated heterocycles. The lowest BCUT2D eigenvalue weighted by Crippen LogP contribution is -2.49. The first-order valence-electron chi connectivity index (χ1n) is 26.4. The Morgan fingerprint density at radius 2 is 1.56 bits per heavy atom. The van der Waals surface area contributed by atoms with Crippen molar-refractivity contribution in [1.82, 2.24) is 39.8 Å². The van der Waals surface area contributed by atoms with Crippen LogP contribution in [-0.4, -0.2) is 89.5 Å². The monoisotopic (exact) mass is 1060 g/mol. The molecule has 17 nitrogen and oxygen atoms in total. The molecule has 404 valence electrons.